The zero-order chi connectivity index (χ0) is 16.4. The second-order valence-electron chi connectivity index (χ2n) is 6.24. The molecule has 2 fully saturated rings. The second kappa shape index (κ2) is 6.43. The number of hydrogen-bond acceptors (Lipinski definition) is 2. The molecular formula is C17H20BrN3O2. The molecule has 0 atom stereocenters. The summed E-state index contributed by atoms with van der Waals surface area (Å²) < 4.78 is 0.992. The Morgan fingerprint density at radius 2 is 1.70 bits per heavy atom. The van der Waals surface area contributed by atoms with Crippen molar-refractivity contribution in [2.24, 2.45) is 10.7 Å². The average Bonchev–Trinajstić information content (AvgIpc) is 3.01. The highest BCUT2D eigenvalue weighted by Gasteiger charge is 2.43. The van der Waals surface area contributed by atoms with E-state index in [0.29, 0.717) is 13.1 Å². The first-order valence-corrected chi connectivity index (χ1v) is 8.76. The minimum atomic E-state index is -0.743. The van der Waals surface area contributed by atoms with Crippen LogP contribution >= 0.6 is 15.9 Å². The molecule has 1 aliphatic carbocycles. The summed E-state index contributed by atoms with van der Waals surface area (Å²) in [4.78, 5) is 29.8. The van der Waals surface area contributed by atoms with E-state index in [9.17, 15) is 9.59 Å². The van der Waals surface area contributed by atoms with Crippen molar-refractivity contribution in [2.75, 3.05) is 13.1 Å². The molecule has 2 amide bonds. The fourth-order valence-electron chi connectivity index (χ4n) is 3.31. The average molecular weight is 378 g/mol. The largest absolute Gasteiger partial charge is 0.386 e. The van der Waals surface area contributed by atoms with Gasteiger partial charge in [0.2, 0.25) is 0 Å². The molecule has 0 unspecified atom stereocenters. The molecule has 1 saturated heterocycles. The van der Waals surface area contributed by atoms with Crippen LogP contribution in [0.5, 0.6) is 0 Å². The first kappa shape index (κ1) is 16.2. The molecule has 1 heterocycles. The molecule has 2 aliphatic rings. The standard InChI is InChI=1S/C17H20BrN3O2/c18-13-6-4-12(5-7-13)17(8-3-9-17)16(19)20-14(22)15(23)21-10-1-2-11-21/h4-7H,1-3,8-11H2,(H2,19,20,22). The highest BCUT2D eigenvalue weighted by atomic mass is 79.9. The lowest BCUT2D eigenvalue weighted by molar-refractivity contribution is -0.143. The summed E-state index contributed by atoms with van der Waals surface area (Å²) in [5.41, 5.74) is 6.82. The van der Waals surface area contributed by atoms with Crippen LogP contribution < -0.4 is 5.73 Å². The van der Waals surface area contributed by atoms with Crippen molar-refractivity contribution >= 4 is 33.6 Å². The molecule has 0 bridgehead atoms. The Morgan fingerprint density at radius 1 is 1.09 bits per heavy atom. The SMILES string of the molecule is NC(=NC(=O)C(=O)N1CCCC1)C1(c2ccc(Br)cc2)CCC1. The Morgan fingerprint density at radius 3 is 2.22 bits per heavy atom. The number of aliphatic imine (C=N–C) groups is 1. The van der Waals surface area contributed by atoms with Crippen LogP contribution in [0, 0.1) is 0 Å². The molecule has 1 aromatic carbocycles. The van der Waals surface area contributed by atoms with Gasteiger partial charge in [0.25, 0.3) is 0 Å². The van der Waals surface area contributed by atoms with Crippen molar-refractivity contribution < 1.29 is 9.59 Å². The Balaban J connectivity index is 1.81. The van der Waals surface area contributed by atoms with Crippen LogP contribution in [0.4, 0.5) is 0 Å². The Bertz CT molecular complexity index is 644. The number of amides is 2. The van der Waals surface area contributed by atoms with Gasteiger partial charge in [0.05, 0.1) is 5.41 Å². The molecule has 0 spiro atoms. The van der Waals surface area contributed by atoms with Gasteiger partial charge in [0, 0.05) is 17.6 Å². The van der Waals surface area contributed by atoms with E-state index < -0.39 is 17.2 Å². The van der Waals surface area contributed by atoms with Crippen molar-refractivity contribution in [3.63, 3.8) is 0 Å². The number of carbonyl (C=O) groups is 2. The number of benzene rings is 1. The van der Waals surface area contributed by atoms with Gasteiger partial charge in [-0.25, -0.2) is 0 Å². The van der Waals surface area contributed by atoms with Gasteiger partial charge >= 0.3 is 11.8 Å². The van der Waals surface area contributed by atoms with E-state index in [1.54, 1.807) is 4.90 Å². The number of likely N-dealkylation sites (tertiary alicyclic amines) is 1. The van der Waals surface area contributed by atoms with Crippen molar-refractivity contribution in [2.45, 2.75) is 37.5 Å². The topological polar surface area (TPSA) is 75.8 Å². The van der Waals surface area contributed by atoms with E-state index in [-0.39, 0.29) is 5.84 Å². The number of amidine groups is 1. The highest BCUT2D eigenvalue weighted by Crippen LogP contribution is 2.44. The van der Waals surface area contributed by atoms with E-state index in [0.717, 1.165) is 42.1 Å². The molecule has 1 aromatic rings. The summed E-state index contributed by atoms with van der Waals surface area (Å²) >= 11 is 3.42. The van der Waals surface area contributed by atoms with Gasteiger partial charge in [-0.05, 0) is 43.4 Å². The molecule has 5 nitrogen and oxygen atoms in total. The van der Waals surface area contributed by atoms with Gasteiger partial charge in [-0.1, -0.05) is 34.5 Å². The Hall–Kier alpha value is -1.69. The lowest BCUT2D eigenvalue weighted by Crippen LogP contribution is -2.48. The minimum absolute atomic E-state index is 0.267. The molecule has 2 N–H and O–H groups in total. The fourth-order valence-corrected chi connectivity index (χ4v) is 3.58. The number of nitrogens with zero attached hydrogens (tertiary/aromatic N) is 2. The molecule has 3 rings (SSSR count). The lowest BCUT2D eigenvalue weighted by Gasteiger charge is -2.41. The molecule has 1 aliphatic heterocycles. The summed E-state index contributed by atoms with van der Waals surface area (Å²) in [5, 5.41) is 0. The summed E-state index contributed by atoms with van der Waals surface area (Å²) in [5.74, 6) is -1.01. The fraction of sp³-hybridized carbons (Fsp3) is 0.471. The minimum Gasteiger partial charge on any atom is -0.386 e. The molecule has 0 aromatic heterocycles. The normalized spacial score (nSPS) is 20.2. The van der Waals surface area contributed by atoms with Gasteiger partial charge in [-0.3, -0.25) is 9.59 Å². The summed E-state index contributed by atoms with van der Waals surface area (Å²) in [6.07, 6.45) is 4.65. The van der Waals surface area contributed by atoms with Crippen LogP contribution in [0.25, 0.3) is 0 Å². The first-order chi connectivity index (χ1) is 11.0. The zero-order valence-electron chi connectivity index (χ0n) is 12.9. The number of carbonyl (C=O) groups excluding carboxylic acids is 2. The monoisotopic (exact) mass is 377 g/mol. The van der Waals surface area contributed by atoms with E-state index >= 15 is 0 Å². The van der Waals surface area contributed by atoms with Gasteiger partial charge in [0.1, 0.15) is 5.84 Å². The maximum atomic E-state index is 12.1. The summed E-state index contributed by atoms with van der Waals surface area (Å²) in [6, 6.07) is 7.91. The van der Waals surface area contributed by atoms with Crippen LogP contribution in [0.1, 0.15) is 37.7 Å². The van der Waals surface area contributed by atoms with Crippen LogP contribution in [0.15, 0.2) is 33.7 Å². The van der Waals surface area contributed by atoms with Gasteiger partial charge < -0.3 is 10.6 Å². The van der Waals surface area contributed by atoms with Gasteiger partial charge in [-0.2, -0.15) is 4.99 Å². The van der Waals surface area contributed by atoms with E-state index in [2.05, 4.69) is 20.9 Å². The molecule has 23 heavy (non-hydrogen) atoms. The van der Waals surface area contributed by atoms with Crippen LogP contribution in [0.3, 0.4) is 0 Å². The Labute approximate surface area is 144 Å². The number of hydrogen-bond donors (Lipinski definition) is 1. The highest BCUT2D eigenvalue weighted by molar-refractivity contribution is 9.10. The molecule has 1 saturated carbocycles. The van der Waals surface area contributed by atoms with Crippen LogP contribution in [-0.4, -0.2) is 35.6 Å². The number of halogens is 1. The van der Waals surface area contributed by atoms with Crippen molar-refractivity contribution in [1.29, 1.82) is 0 Å². The van der Waals surface area contributed by atoms with Crippen molar-refractivity contribution in [3.8, 4) is 0 Å². The third-order valence-electron chi connectivity index (χ3n) is 4.89. The third kappa shape index (κ3) is 3.04. The smallest absolute Gasteiger partial charge is 0.336 e. The molecular weight excluding hydrogens is 358 g/mol. The number of nitrogens with two attached hydrogens (primary N) is 1. The maximum absolute atomic E-state index is 12.1. The van der Waals surface area contributed by atoms with Crippen LogP contribution in [0.2, 0.25) is 0 Å². The predicted octanol–water partition coefficient (Wildman–Crippen LogP) is 2.38. The molecule has 0 radical (unpaired) electrons. The first-order valence-electron chi connectivity index (χ1n) is 7.97. The quantitative estimate of drug-likeness (QED) is 0.488. The number of rotatable bonds is 2. The van der Waals surface area contributed by atoms with Crippen molar-refractivity contribution in [1.82, 2.24) is 4.90 Å². The maximum Gasteiger partial charge on any atom is 0.336 e. The van der Waals surface area contributed by atoms with E-state index in [4.69, 9.17) is 5.73 Å². The zero-order valence-corrected chi connectivity index (χ0v) is 14.5. The molecule has 122 valence electrons. The van der Waals surface area contributed by atoms with E-state index in [1.807, 2.05) is 24.3 Å². The van der Waals surface area contributed by atoms with Crippen molar-refractivity contribution in [3.05, 3.63) is 34.3 Å². The third-order valence-corrected chi connectivity index (χ3v) is 5.42. The summed E-state index contributed by atoms with van der Waals surface area (Å²) in [7, 11) is 0. The van der Waals surface area contributed by atoms with Gasteiger partial charge in [0.15, 0.2) is 0 Å². The lowest BCUT2D eigenvalue weighted by atomic mass is 9.63. The molecule has 6 heteroatoms. The van der Waals surface area contributed by atoms with Crippen LogP contribution in [-0.2, 0) is 15.0 Å². The predicted molar refractivity (Wildman–Crippen MR) is 92.1 cm³/mol. The Kier molecular flexibility index (Phi) is 4.53. The van der Waals surface area contributed by atoms with E-state index in [1.165, 1.54) is 0 Å². The second-order valence-corrected chi connectivity index (χ2v) is 7.16. The van der Waals surface area contributed by atoms with Gasteiger partial charge in [-0.15, -0.1) is 0 Å². The summed E-state index contributed by atoms with van der Waals surface area (Å²) in [6.45, 7) is 1.27.